The third-order valence-electron chi connectivity index (χ3n) is 2.66. The summed E-state index contributed by atoms with van der Waals surface area (Å²) in [5.41, 5.74) is -0.469. The molecule has 1 atom stereocenters. The third-order valence-corrected chi connectivity index (χ3v) is 2.66. The fourth-order valence-electron chi connectivity index (χ4n) is 1.51. The van der Waals surface area contributed by atoms with E-state index in [-0.39, 0.29) is 0 Å². The van der Waals surface area contributed by atoms with Crippen LogP contribution < -0.4 is 0 Å². The zero-order chi connectivity index (χ0) is 9.19. The van der Waals surface area contributed by atoms with E-state index in [9.17, 15) is 5.11 Å². The second-order valence-electron chi connectivity index (χ2n) is 3.69. The van der Waals surface area contributed by atoms with Crippen molar-refractivity contribution >= 4 is 0 Å². The molecule has 1 aliphatic heterocycles. The number of hydrogen-bond donors (Lipinski definition) is 1. The van der Waals surface area contributed by atoms with Crippen LogP contribution in [0.5, 0.6) is 0 Å². The van der Waals surface area contributed by atoms with Gasteiger partial charge in [0.1, 0.15) is 0 Å². The molecule has 1 fully saturated rings. The first kappa shape index (κ1) is 9.50. The molecule has 1 unspecified atom stereocenters. The molecule has 3 heteroatoms. The van der Waals surface area contributed by atoms with Crippen molar-refractivity contribution in [3.05, 3.63) is 0 Å². The maximum atomic E-state index is 9.68. The zero-order valence-electron chi connectivity index (χ0n) is 7.75. The number of aliphatic hydroxyl groups is 1. The van der Waals surface area contributed by atoms with E-state index in [1.54, 1.807) is 0 Å². The van der Waals surface area contributed by atoms with Crippen molar-refractivity contribution < 1.29 is 5.11 Å². The van der Waals surface area contributed by atoms with Gasteiger partial charge in [0.25, 0.3) is 0 Å². The molecule has 12 heavy (non-hydrogen) atoms. The van der Waals surface area contributed by atoms with Crippen molar-refractivity contribution in [3.8, 4) is 6.07 Å². The van der Waals surface area contributed by atoms with Crippen LogP contribution in [0.3, 0.4) is 0 Å². The molecule has 0 aromatic heterocycles. The standard InChI is InChI=1S/C9H16N2O/c1-3-9(12)6-11(7-9)8(2)4-5-10/h8,12H,3-4,6-7H2,1-2H3. The van der Waals surface area contributed by atoms with Crippen molar-refractivity contribution in [2.24, 2.45) is 0 Å². The Labute approximate surface area is 73.6 Å². The van der Waals surface area contributed by atoms with Crippen LogP contribution in [0.1, 0.15) is 26.7 Å². The molecule has 1 aliphatic rings. The summed E-state index contributed by atoms with van der Waals surface area (Å²) >= 11 is 0. The van der Waals surface area contributed by atoms with Crippen LogP contribution in [0, 0.1) is 11.3 Å². The zero-order valence-corrected chi connectivity index (χ0v) is 7.75. The number of nitrogens with zero attached hydrogens (tertiary/aromatic N) is 2. The number of rotatable bonds is 3. The van der Waals surface area contributed by atoms with E-state index >= 15 is 0 Å². The van der Waals surface area contributed by atoms with Gasteiger partial charge in [-0.05, 0) is 13.3 Å². The van der Waals surface area contributed by atoms with Crippen molar-refractivity contribution in [1.29, 1.82) is 5.26 Å². The predicted octanol–water partition coefficient (Wildman–Crippen LogP) is 0.745. The lowest BCUT2D eigenvalue weighted by atomic mass is 9.89. The van der Waals surface area contributed by atoms with Crippen LogP contribution in [0.25, 0.3) is 0 Å². The third kappa shape index (κ3) is 1.77. The van der Waals surface area contributed by atoms with Gasteiger partial charge in [-0.2, -0.15) is 5.26 Å². The number of β-amino-alcohol motifs (C(OH)–C–C–N with tert-alkyl or cyclic N) is 1. The van der Waals surface area contributed by atoms with E-state index in [2.05, 4.69) is 11.0 Å². The highest BCUT2D eigenvalue weighted by molar-refractivity contribution is 4.97. The highest BCUT2D eigenvalue weighted by atomic mass is 16.3. The Morgan fingerprint density at radius 2 is 2.25 bits per heavy atom. The summed E-state index contributed by atoms with van der Waals surface area (Å²) in [4.78, 5) is 2.15. The van der Waals surface area contributed by atoms with Gasteiger partial charge in [-0.25, -0.2) is 0 Å². The SMILES string of the molecule is CCC1(O)CN(C(C)CC#N)C1. The number of hydrogen-bond acceptors (Lipinski definition) is 3. The molecule has 3 nitrogen and oxygen atoms in total. The van der Waals surface area contributed by atoms with E-state index < -0.39 is 5.60 Å². The molecule has 0 saturated carbocycles. The molecule has 0 amide bonds. The lowest BCUT2D eigenvalue weighted by molar-refractivity contribution is -0.113. The van der Waals surface area contributed by atoms with Crippen molar-refractivity contribution in [1.82, 2.24) is 4.90 Å². The van der Waals surface area contributed by atoms with Gasteiger partial charge in [-0.1, -0.05) is 6.92 Å². The molecule has 0 aromatic rings. The summed E-state index contributed by atoms with van der Waals surface area (Å²) in [6, 6.07) is 2.43. The topological polar surface area (TPSA) is 47.3 Å². The van der Waals surface area contributed by atoms with Crippen LogP contribution in [0.4, 0.5) is 0 Å². The first-order valence-corrected chi connectivity index (χ1v) is 4.44. The summed E-state index contributed by atoms with van der Waals surface area (Å²) in [7, 11) is 0. The molecule has 0 aliphatic carbocycles. The molecular weight excluding hydrogens is 152 g/mol. The van der Waals surface area contributed by atoms with Gasteiger partial charge < -0.3 is 5.11 Å². The van der Waals surface area contributed by atoms with Crippen LogP contribution in [-0.2, 0) is 0 Å². The second kappa shape index (κ2) is 3.42. The fourth-order valence-corrected chi connectivity index (χ4v) is 1.51. The molecule has 0 spiro atoms. The van der Waals surface area contributed by atoms with Gasteiger partial charge in [-0.15, -0.1) is 0 Å². The minimum absolute atomic E-state index is 0.293. The van der Waals surface area contributed by atoms with Crippen molar-refractivity contribution in [2.45, 2.75) is 38.3 Å². The van der Waals surface area contributed by atoms with E-state index in [1.807, 2.05) is 13.8 Å². The quantitative estimate of drug-likeness (QED) is 0.676. The first-order chi connectivity index (χ1) is 5.61. The van der Waals surface area contributed by atoms with E-state index in [0.717, 1.165) is 19.5 Å². The highest BCUT2D eigenvalue weighted by Gasteiger charge is 2.41. The second-order valence-corrected chi connectivity index (χ2v) is 3.69. The average Bonchev–Trinajstić information content (AvgIpc) is 1.99. The van der Waals surface area contributed by atoms with Gasteiger partial charge in [0.2, 0.25) is 0 Å². The maximum absolute atomic E-state index is 9.68. The smallest absolute Gasteiger partial charge is 0.0897 e. The van der Waals surface area contributed by atoms with E-state index in [4.69, 9.17) is 5.26 Å². The molecule has 68 valence electrons. The van der Waals surface area contributed by atoms with Crippen molar-refractivity contribution in [2.75, 3.05) is 13.1 Å². The summed E-state index contributed by atoms with van der Waals surface area (Å²) in [6.07, 6.45) is 1.36. The Kier molecular flexibility index (Phi) is 2.71. The van der Waals surface area contributed by atoms with E-state index in [1.165, 1.54) is 0 Å². The Hall–Kier alpha value is -0.590. The molecule has 1 N–H and O–H groups in total. The minimum atomic E-state index is -0.469. The predicted molar refractivity (Wildman–Crippen MR) is 46.5 cm³/mol. The number of likely N-dealkylation sites (tertiary alicyclic amines) is 1. The molecule has 1 heterocycles. The summed E-state index contributed by atoms with van der Waals surface area (Å²) in [6.45, 7) is 5.48. The van der Waals surface area contributed by atoms with E-state index in [0.29, 0.717) is 12.5 Å². The highest BCUT2D eigenvalue weighted by Crippen LogP contribution is 2.26. The Balaban J connectivity index is 2.30. The monoisotopic (exact) mass is 168 g/mol. The Bertz CT molecular complexity index is 191. The maximum Gasteiger partial charge on any atom is 0.0897 e. The first-order valence-electron chi connectivity index (χ1n) is 4.44. The van der Waals surface area contributed by atoms with Gasteiger partial charge in [-0.3, -0.25) is 4.90 Å². The van der Waals surface area contributed by atoms with Crippen molar-refractivity contribution in [3.63, 3.8) is 0 Å². The normalized spacial score (nSPS) is 24.2. The Morgan fingerprint density at radius 3 is 2.67 bits per heavy atom. The average molecular weight is 168 g/mol. The summed E-state index contributed by atoms with van der Waals surface area (Å²) < 4.78 is 0. The number of nitriles is 1. The molecule has 0 radical (unpaired) electrons. The van der Waals surface area contributed by atoms with Gasteiger partial charge in [0.15, 0.2) is 0 Å². The largest absolute Gasteiger partial charge is 0.387 e. The lowest BCUT2D eigenvalue weighted by Crippen LogP contribution is -2.63. The molecule has 0 aromatic carbocycles. The van der Waals surface area contributed by atoms with Gasteiger partial charge in [0.05, 0.1) is 18.1 Å². The van der Waals surface area contributed by atoms with Crippen LogP contribution in [-0.4, -0.2) is 34.7 Å². The Morgan fingerprint density at radius 1 is 1.67 bits per heavy atom. The van der Waals surface area contributed by atoms with Crippen LogP contribution >= 0.6 is 0 Å². The lowest BCUT2D eigenvalue weighted by Gasteiger charge is -2.48. The van der Waals surface area contributed by atoms with Gasteiger partial charge in [0, 0.05) is 19.1 Å². The summed E-state index contributed by atoms with van der Waals surface area (Å²) in [5, 5.41) is 18.1. The summed E-state index contributed by atoms with van der Waals surface area (Å²) in [5.74, 6) is 0. The molecule has 0 bridgehead atoms. The minimum Gasteiger partial charge on any atom is -0.387 e. The fraction of sp³-hybridized carbons (Fsp3) is 0.889. The van der Waals surface area contributed by atoms with Crippen LogP contribution in [0.2, 0.25) is 0 Å². The van der Waals surface area contributed by atoms with Gasteiger partial charge >= 0.3 is 0 Å². The van der Waals surface area contributed by atoms with Crippen LogP contribution in [0.15, 0.2) is 0 Å². The molecular formula is C9H16N2O. The molecule has 1 saturated heterocycles. The molecule has 1 rings (SSSR count).